The maximum absolute atomic E-state index is 12.8. The van der Waals surface area contributed by atoms with Gasteiger partial charge in [-0.2, -0.15) is 4.31 Å². The molecule has 0 unspecified atom stereocenters. The van der Waals surface area contributed by atoms with E-state index in [1.807, 2.05) is 12.1 Å². The molecule has 0 bridgehead atoms. The minimum Gasteiger partial charge on any atom is -0.410 e. The molecule has 2 aromatic heterocycles. The monoisotopic (exact) mass is 461 g/mol. The van der Waals surface area contributed by atoms with Crippen molar-refractivity contribution in [3.63, 3.8) is 0 Å². The molecule has 1 fully saturated rings. The molecule has 4 rings (SSSR count). The molecule has 9 nitrogen and oxygen atoms in total. The molecule has 0 saturated carbocycles. The lowest BCUT2D eigenvalue weighted by Gasteiger charge is -2.20. The summed E-state index contributed by atoms with van der Waals surface area (Å²) >= 11 is 1.13. The number of anilines is 1. The maximum atomic E-state index is 12.8. The molecule has 1 aromatic carbocycles. The smallest absolute Gasteiger partial charge is 0.277 e. The molecule has 0 atom stereocenters. The molecule has 3 aromatic rings. The molecular weight excluding hydrogens is 438 g/mol. The van der Waals surface area contributed by atoms with E-state index in [2.05, 4.69) is 20.5 Å². The molecule has 31 heavy (non-hydrogen) atoms. The molecular formula is C20H23N5O4S2. The van der Waals surface area contributed by atoms with Crippen molar-refractivity contribution in [2.45, 2.75) is 35.8 Å². The number of hydrogen-bond acceptors (Lipinski definition) is 7. The molecule has 3 heterocycles. The molecule has 0 radical (unpaired) electrons. The molecule has 11 heteroatoms. The van der Waals surface area contributed by atoms with Crippen LogP contribution in [0.4, 0.5) is 5.69 Å². The predicted molar refractivity (Wildman–Crippen MR) is 117 cm³/mol. The molecule has 0 aliphatic carbocycles. The first-order chi connectivity index (χ1) is 15.0. The van der Waals surface area contributed by atoms with Gasteiger partial charge in [0.1, 0.15) is 5.69 Å². The zero-order chi connectivity index (χ0) is 21.7. The van der Waals surface area contributed by atoms with E-state index in [1.54, 1.807) is 22.6 Å². The number of carbonyl (C=O) groups is 1. The molecule has 1 aliphatic heterocycles. The lowest BCUT2D eigenvalue weighted by Crippen LogP contribution is -2.31. The van der Waals surface area contributed by atoms with Crippen LogP contribution in [0.25, 0.3) is 11.6 Å². The Morgan fingerprint density at radius 1 is 1.10 bits per heavy atom. The molecule has 164 valence electrons. The van der Waals surface area contributed by atoms with Crippen LogP contribution in [-0.2, 0) is 14.8 Å². The van der Waals surface area contributed by atoms with E-state index in [1.165, 1.54) is 12.1 Å². The number of aromatic nitrogens is 3. The van der Waals surface area contributed by atoms with Crippen LogP contribution in [0, 0.1) is 0 Å². The van der Waals surface area contributed by atoms with Crippen molar-refractivity contribution in [2.24, 2.45) is 0 Å². The number of hydrogen-bond donors (Lipinski definition) is 2. The fourth-order valence-corrected chi connectivity index (χ4v) is 5.39. The molecule has 1 saturated heterocycles. The van der Waals surface area contributed by atoms with Crippen LogP contribution in [-0.4, -0.2) is 52.7 Å². The Labute approximate surface area is 184 Å². The number of rotatable bonds is 7. The Morgan fingerprint density at radius 3 is 2.52 bits per heavy atom. The van der Waals surface area contributed by atoms with E-state index in [0.717, 1.165) is 37.4 Å². The van der Waals surface area contributed by atoms with Gasteiger partial charge in [-0.1, -0.05) is 24.6 Å². The summed E-state index contributed by atoms with van der Waals surface area (Å²) in [5, 5.41) is 10.9. The van der Waals surface area contributed by atoms with E-state index in [-0.39, 0.29) is 16.6 Å². The number of nitrogens with one attached hydrogen (secondary N) is 2. The van der Waals surface area contributed by atoms with Gasteiger partial charge in [0.25, 0.3) is 11.1 Å². The van der Waals surface area contributed by atoms with E-state index in [9.17, 15) is 13.2 Å². The van der Waals surface area contributed by atoms with Crippen LogP contribution in [0.3, 0.4) is 0 Å². The van der Waals surface area contributed by atoms with E-state index in [0.29, 0.717) is 35.6 Å². The van der Waals surface area contributed by atoms with Crippen molar-refractivity contribution in [3.05, 3.63) is 42.6 Å². The van der Waals surface area contributed by atoms with Crippen molar-refractivity contribution in [1.82, 2.24) is 19.5 Å². The number of thioether (sulfide) groups is 1. The third-order valence-electron chi connectivity index (χ3n) is 4.90. The van der Waals surface area contributed by atoms with Gasteiger partial charge in [0.05, 0.1) is 10.6 Å². The zero-order valence-corrected chi connectivity index (χ0v) is 18.4. The van der Waals surface area contributed by atoms with Gasteiger partial charge in [-0.3, -0.25) is 4.79 Å². The summed E-state index contributed by atoms with van der Waals surface area (Å²) in [4.78, 5) is 15.4. The Balaban J connectivity index is 1.32. The average Bonchev–Trinajstić information content (AvgIpc) is 3.39. The standard InChI is InChI=1S/C20H23N5O4S2/c26-18(14-30-20-24-23-19(29-20)17-6-5-11-21-17)22-15-7-9-16(10-8-15)31(27,28)25-12-3-1-2-4-13-25/h5-11,21H,1-4,12-14H2,(H,22,26). The second kappa shape index (κ2) is 9.67. The molecule has 1 amide bonds. The summed E-state index contributed by atoms with van der Waals surface area (Å²) in [5.74, 6) is 0.182. The predicted octanol–water partition coefficient (Wildman–Crippen LogP) is 3.36. The highest BCUT2D eigenvalue weighted by atomic mass is 32.2. The highest BCUT2D eigenvalue weighted by Crippen LogP contribution is 2.23. The second-order valence-corrected chi connectivity index (χ2v) is 10.0. The Bertz CT molecular complexity index is 1100. The average molecular weight is 462 g/mol. The van der Waals surface area contributed by atoms with Crippen LogP contribution >= 0.6 is 11.8 Å². The van der Waals surface area contributed by atoms with Crippen molar-refractivity contribution < 1.29 is 17.6 Å². The minimum atomic E-state index is -3.51. The minimum absolute atomic E-state index is 0.0835. The van der Waals surface area contributed by atoms with E-state index in [4.69, 9.17) is 4.42 Å². The first-order valence-corrected chi connectivity index (χ1v) is 12.4. The number of sulfonamides is 1. The topological polar surface area (TPSA) is 121 Å². The van der Waals surface area contributed by atoms with Crippen molar-refractivity contribution in [3.8, 4) is 11.6 Å². The van der Waals surface area contributed by atoms with Crippen LogP contribution in [0.15, 0.2) is 57.1 Å². The van der Waals surface area contributed by atoms with Gasteiger partial charge in [-0.15, -0.1) is 10.2 Å². The van der Waals surface area contributed by atoms with Crippen LogP contribution in [0.1, 0.15) is 25.7 Å². The summed E-state index contributed by atoms with van der Waals surface area (Å²) in [6, 6.07) is 9.90. The zero-order valence-electron chi connectivity index (χ0n) is 16.8. The number of amides is 1. The number of benzene rings is 1. The van der Waals surface area contributed by atoms with Crippen molar-refractivity contribution in [1.29, 1.82) is 0 Å². The largest absolute Gasteiger partial charge is 0.410 e. The number of carbonyl (C=O) groups excluding carboxylic acids is 1. The number of aromatic amines is 1. The van der Waals surface area contributed by atoms with E-state index >= 15 is 0 Å². The lowest BCUT2D eigenvalue weighted by atomic mass is 10.2. The molecule has 1 aliphatic rings. The molecule has 2 N–H and O–H groups in total. The summed E-state index contributed by atoms with van der Waals surface area (Å²) in [5.41, 5.74) is 1.23. The Morgan fingerprint density at radius 2 is 1.84 bits per heavy atom. The molecule has 0 spiro atoms. The SMILES string of the molecule is O=C(CSc1nnc(-c2ccc[nH]2)o1)Nc1ccc(S(=O)(=O)N2CCCCCC2)cc1. The third kappa shape index (κ3) is 5.35. The van der Waals surface area contributed by atoms with Crippen LogP contribution in [0.5, 0.6) is 0 Å². The quantitative estimate of drug-likeness (QED) is 0.518. The Hall–Kier alpha value is -2.63. The summed E-state index contributed by atoms with van der Waals surface area (Å²) in [6.45, 7) is 1.11. The van der Waals surface area contributed by atoms with Crippen molar-refractivity contribution >= 4 is 33.4 Å². The number of nitrogens with zero attached hydrogens (tertiary/aromatic N) is 3. The maximum Gasteiger partial charge on any atom is 0.277 e. The summed E-state index contributed by atoms with van der Waals surface area (Å²) in [6.07, 6.45) is 5.65. The Kier molecular flexibility index (Phi) is 6.73. The van der Waals surface area contributed by atoms with Gasteiger partial charge in [-0.05, 0) is 49.2 Å². The normalized spacial score (nSPS) is 15.5. The van der Waals surface area contributed by atoms with Gasteiger partial charge in [-0.25, -0.2) is 8.42 Å². The van der Waals surface area contributed by atoms with Crippen LogP contribution in [0.2, 0.25) is 0 Å². The fraction of sp³-hybridized carbons (Fsp3) is 0.350. The first kappa shape index (κ1) is 21.6. The lowest BCUT2D eigenvalue weighted by molar-refractivity contribution is -0.113. The highest BCUT2D eigenvalue weighted by molar-refractivity contribution is 7.99. The first-order valence-electron chi connectivity index (χ1n) is 10.0. The summed E-state index contributed by atoms with van der Waals surface area (Å²) < 4.78 is 32.7. The van der Waals surface area contributed by atoms with E-state index < -0.39 is 10.0 Å². The second-order valence-electron chi connectivity index (χ2n) is 7.14. The van der Waals surface area contributed by atoms with Gasteiger partial charge in [0.15, 0.2) is 0 Å². The van der Waals surface area contributed by atoms with Gasteiger partial charge >= 0.3 is 0 Å². The van der Waals surface area contributed by atoms with Crippen LogP contribution < -0.4 is 5.32 Å². The van der Waals surface area contributed by atoms with Gasteiger partial charge < -0.3 is 14.7 Å². The highest BCUT2D eigenvalue weighted by Gasteiger charge is 2.25. The fourth-order valence-electron chi connectivity index (χ4n) is 3.31. The van der Waals surface area contributed by atoms with Gasteiger partial charge in [0.2, 0.25) is 15.9 Å². The van der Waals surface area contributed by atoms with Gasteiger partial charge in [0, 0.05) is 25.0 Å². The third-order valence-corrected chi connectivity index (χ3v) is 7.63. The summed E-state index contributed by atoms with van der Waals surface area (Å²) in [7, 11) is -3.51. The number of H-pyrrole nitrogens is 1. The van der Waals surface area contributed by atoms with Crippen molar-refractivity contribution in [2.75, 3.05) is 24.2 Å².